The number of aliphatic hydroxyl groups is 1. The van der Waals surface area contributed by atoms with E-state index in [0.717, 1.165) is 11.1 Å². The molecule has 1 aromatic rings. The number of hydrazone groups is 1. The van der Waals surface area contributed by atoms with E-state index in [0.29, 0.717) is 0 Å². The Bertz CT molecular complexity index is 625. The monoisotopic (exact) mass is 300 g/mol. The number of alkyl halides is 3. The third kappa shape index (κ3) is 2.53. The van der Waals surface area contributed by atoms with Crippen LogP contribution in [0.15, 0.2) is 23.3 Å². The molecule has 1 amide bonds. The predicted molar refractivity (Wildman–Crippen MR) is 70.8 cm³/mol. The molecule has 0 saturated carbocycles. The van der Waals surface area contributed by atoms with Crippen LogP contribution in [0, 0.1) is 13.8 Å². The molecule has 0 bridgehead atoms. The zero-order chi connectivity index (χ0) is 16.0. The third-order valence-corrected chi connectivity index (χ3v) is 3.52. The Kier molecular flexibility index (Phi) is 3.57. The van der Waals surface area contributed by atoms with Gasteiger partial charge in [0, 0.05) is 17.7 Å². The summed E-state index contributed by atoms with van der Waals surface area (Å²) in [6, 6.07) is 4.55. The van der Waals surface area contributed by atoms with E-state index < -0.39 is 24.2 Å². The summed E-state index contributed by atoms with van der Waals surface area (Å²) in [6.07, 6.45) is -5.73. The smallest absolute Gasteiger partial charge is 0.362 e. The Morgan fingerprint density at radius 3 is 2.43 bits per heavy atom. The van der Waals surface area contributed by atoms with Crippen LogP contribution in [0.3, 0.4) is 0 Å². The summed E-state index contributed by atoms with van der Waals surface area (Å²) < 4.78 is 39.2. The van der Waals surface area contributed by atoms with Crippen LogP contribution in [0.2, 0.25) is 0 Å². The van der Waals surface area contributed by atoms with Gasteiger partial charge in [0.1, 0.15) is 0 Å². The van der Waals surface area contributed by atoms with Gasteiger partial charge in [-0.3, -0.25) is 4.79 Å². The maximum absolute atomic E-state index is 13.1. The quantitative estimate of drug-likeness (QED) is 0.867. The Balaban J connectivity index is 2.43. The second-order valence-electron chi connectivity index (χ2n) is 5.24. The van der Waals surface area contributed by atoms with Gasteiger partial charge >= 0.3 is 6.18 Å². The number of carbonyl (C=O) groups excluding carboxylic acids is 1. The second-order valence-corrected chi connectivity index (χ2v) is 5.24. The molecular formula is C14H15F3N2O2. The predicted octanol–water partition coefficient (Wildman–Crippen LogP) is 2.78. The molecule has 1 aromatic carbocycles. The molecule has 4 nitrogen and oxygen atoms in total. The first-order valence-corrected chi connectivity index (χ1v) is 6.31. The lowest BCUT2D eigenvalue weighted by Gasteiger charge is -2.32. The molecule has 21 heavy (non-hydrogen) atoms. The lowest BCUT2D eigenvalue weighted by Crippen LogP contribution is -2.56. The molecule has 0 aliphatic carbocycles. The molecule has 7 heteroatoms. The number of hydrogen-bond acceptors (Lipinski definition) is 3. The molecule has 1 atom stereocenters. The highest BCUT2D eigenvalue weighted by Gasteiger charge is 2.62. The average molecular weight is 300 g/mol. The van der Waals surface area contributed by atoms with Crippen molar-refractivity contribution in [1.29, 1.82) is 0 Å². The number of amides is 1. The van der Waals surface area contributed by atoms with Gasteiger partial charge in [-0.05, 0) is 44.0 Å². The molecule has 1 aliphatic rings. The van der Waals surface area contributed by atoms with Crippen LogP contribution in [-0.4, -0.2) is 33.6 Å². The molecule has 0 saturated heterocycles. The molecule has 0 aromatic heterocycles. The highest BCUT2D eigenvalue weighted by Crippen LogP contribution is 2.40. The van der Waals surface area contributed by atoms with Crippen molar-refractivity contribution in [1.82, 2.24) is 5.01 Å². The Morgan fingerprint density at radius 2 is 1.90 bits per heavy atom. The number of hydrogen-bond donors (Lipinski definition) is 1. The Morgan fingerprint density at radius 1 is 1.29 bits per heavy atom. The van der Waals surface area contributed by atoms with E-state index in [4.69, 9.17) is 0 Å². The van der Waals surface area contributed by atoms with Gasteiger partial charge in [0.25, 0.3) is 11.6 Å². The molecule has 1 N–H and O–H groups in total. The topological polar surface area (TPSA) is 52.9 Å². The standard InChI is InChI=1S/C14H15F3N2O2/c1-8-4-5-11(6-9(8)2)12(20)19-13(21,14(15,16)17)7-10(3)18-19/h4-6,21H,7H2,1-3H3/t13-/m0/s1. The van der Waals surface area contributed by atoms with Gasteiger partial charge < -0.3 is 5.11 Å². The SMILES string of the molecule is CC1=NN(C(=O)c2ccc(C)c(C)c2)[C@@](O)(C(F)(F)F)C1. The fourth-order valence-corrected chi connectivity index (χ4v) is 2.15. The average Bonchev–Trinajstić information content (AvgIpc) is 2.68. The lowest BCUT2D eigenvalue weighted by atomic mass is 10.0. The molecule has 114 valence electrons. The molecule has 0 spiro atoms. The van der Waals surface area contributed by atoms with Crippen molar-refractivity contribution in [3.63, 3.8) is 0 Å². The van der Waals surface area contributed by atoms with Crippen molar-refractivity contribution in [3.8, 4) is 0 Å². The third-order valence-electron chi connectivity index (χ3n) is 3.52. The lowest BCUT2D eigenvalue weighted by molar-refractivity contribution is -0.297. The zero-order valence-corrected chi connectivity index (χ0v) is 11.8. The van der Waals surface area contributed by atoms with Gasteiger partial charge in [0.05, 0.1) is 0 Å². The van der Waals surface area contributed by atoms with Crippen molar-refractivity contribution >= 4 is 11.6 Å². The minimum atomic E-state index is -4.98. The first-order valence-electron chi connectivity index (χ1n) is 6.31. The highest BCUT2D eigenvalue weighted by molar-refractivity contribution is 5.98. The summed E-state index contributed by atoms with van der Waals surface area (Å²) in [5, 5.41) is 13.6. The van der Waals surface area contributed by atoms with Crippen LogP contribution >= 0.6 is 0 Å². The minimum Gasteiger partial charge on any atom is -0.362 e. The van der Waals surface area contributed by atoms with Crippen molar-refractivity contribution in [2.24, 2.45) is 5.10 Å². The summed E-state index contributed by atoms with van der Waals surface area (Å²) in [4.78, 5) is 12.3. The van der Waals surface area contributed by atoms with Crippen molar-refractivity contribution < 1.29 is 23.1 Å². The van der Waals surface area contributed by atoms with Crippen LogP contribution in [-0.2, 0) is 0 Å². The van der Waals surface area contributed by atoms with E-state index in [1.165, 1.54) is 19.1 Å². The largest absolute Gasteiger partial charge is 0.438 e. The fraction of sp³-hybridized carbons (Fsp3) is 0.429. The molecule has 0 radical (unpaired) electrons. The molecule has 0 fully saturated rings. The van der Waals surface area contributed by atoms with E-state index >= 15 is 0 Å². The first kappa shape index (κ1) is 15.5. The Labute approximate surface area is 119 Å². The molecule has 1 aliphatic heterocycles. The van der Waals surface area contributed by atoms with Gasteiger partial charge in [-0.2, -0.15) is 23.3 Å². The maximum Gasteiger partial charge on any atom is 0.438 e. The Hall–Kier alpha value is -1.89. The maximum atomic E-state index is 13.1. The van der Waals surface area contributed by atoms with E-state index in [1.807, 2.05) is 6.92 Å². The number of aryl methyl sites for hydroxylation is 2. The van der Waals surface area contributed by atoms with Crippen LogP contribution in [0.1, 0.15) is 34.8 Å². The minimum absolute atomic E-state index is 0.0482. The molecule has 0 unspecified atom stereocenters. The summed E-state index contributed by atoms with van der Waals surface area (Å²) in [7, 11) is 0. The van der Waals surface area contributed by atoms with E-state index in [1.54, 1.807) is 13.0 Å². The summed E-state index contributed by atoms with van der Waals surface area (Å²) >= 11 is 0. The summed E-state index contributed by atoms with van der Waals surface area (Å²) in [5.74, 6) is -0.977. The van der Waals surface area contributed by atoms with E-state index in [-0.39, 0.29) is 16.3 Å². The molecule has 2 rings (SSSR count). The van der Waals surface area contributed by atoms with Crippen LogP contribution < -0.4 is 0 Å². The summed E-state index contributed by atoms with van der Waals surface area (Å²) in [5.41, 5.74) is -1.49. The fourth-order valence-electron chi connectivity index (χ4n) is 2.15. The number of carbonyl (C=O) groups is 1. The number of halogens is 3. The zero-order valence-electron chi connectivity index (χ0n) is 11.8. The van der Waals surface area contributed by atoms with Crippen LogP contribution in [0.5, 0.6) is 0 Å². The van der Waals surface area contributed by atoms with Crippen molar-refractivity contribution in [2.75, 3.05) is 0 Å². The van der Waals surface area contributed by atoms with Gasteiger partial charge in [-0.15, -0.1) is 0 Å². The van der Waals surface area contributed by atoms with E-state index in [2.05, 4.69) is 5.10 Å². The second kappa shape index (κ2) is 4.84. The van der Waals surface area contributed by atoms with Gasteiger partial charge in [0.15, 0.2) is 0 Å². The summed E-state index contributed by atoms with van der Waals surface area (Å²) in [6.45, 7) is 4.92. The molecule has 1 heterocycles. The highest BCUT2D eigenvalue weighted by atomic mass is 19.4. The van der Waals surface area contributed by atoms with E-state index in [9.17, 15) is 23.1 Å². The first-order chi connectivity index (χ1) is 9.56. The number of rotatable bonds is 1. The number of benzene rings is 1. The van der Waals surface area contributed by atoms with Gasteiger partial charge in [-0.25, -0.2) is 0 Å². The molecular weight excluding hydrogens is 285 g/mol. The van der Waals surface area contributed by atoms with Crippen LogP contribution in [0.4, 0.5) is 13.2 Å². The van der Waals surface area contributed by atoms with Gasteiger partial charge in [0.2, 0.25) is 0 Å². The normalized spacial score (nSPS) is 22.4. The van der Waals surface area contributed by atoms with Crippen molar-refractivity contribution in [2.45, 2.75) is 39.1 Å². The van der Waals surface area contributed by atoms with Crippen LogP contribution in [0.25, 0.3) is 0 Å². The van der Waals surface area contributed by atoms with Gasteiger partial charge in [-0.1, -0.05) is 6.07 Å². The number of nitrogens with zero attached hydrogens (tertiary/aromatic N) is 2. The van der Waals surface area contributed by atoms with Crippen molar-refractivity contribution in [3.05, 3.63) is 34.9 Å².